The van der Waals surface area contributed by atoms with Gasteiger partial charge in [0, 0.05) is 43.1 Å². The van der Waals surface area contributed by atoms with Gasteiger partial charge in [0.05, 0.1) is 7.11 Å². The molecular weight excluding hydrogens is 290 g/mol. The largest absolute Gasteiger partial charge is 0.497 e. The van der Waals surface area contributed by atoms with Crippen molar-refractivity contribution in [3.63, 3.8) is 0 Å². The summed E-state index contributed by atoms with van der Waals surface area (Å²) in [6.45, 7) is 3.06. The standard InChI is InChI=1S/C18H21N3O2/c1-23-17-7-5-16(6-8-17)20-9-11-21(12-10-20)18(22)14-3-2-4-15(19)13-14/h2-8,13H,9-12,19H2,1H3. The van der Waals surface area contributed by atoms with Gasteiger partial charge in [0.2, 0.25) is 0 Å². The van der Waals surface area contributed by atoms with Crippen molar-refractivity contribution in [2.24, 2.45) is 0 Å². The van der Waals surface area contributed by atoms with Crippen molar-refractivity contribution in [2.75, 3.05) is 43.9 Å². The molecule has 0 bridgehead atoms. The van der Waals surface area contributed by atoms with Gasteiger partial charge in [-0.1, -0.05) is 6.07 Å². The second kappa shape index (κ2) is 6.60. The van der Waals surface area contributed by atoms with Crippen LogP contribution in [0.5, 0.6) is 5.75 Å². The number of anilines is 2. The van der Waals surface area contributed by atoms with Crippen LogP contribution in [0.25, 0.3) is 0 Å². The van der Waals surface area contributed by atoms with Crippen molar-refractivity contribution in [1.82, 2.24) is 4.90 Å². The molecule has 0 unspecified atom stereocenters. The van der Waals surface area contributed by atoms with Crippen LogP contribution in [-0.2, 0) is 0 Å². The van der Waals surface area contributed by atoms with Gasteiger partial charge in [-0.25, -0.2) is 0 Å². The molecule has 1 heterocycles. The van der Waals surface area contributed by atoms with Gasteiger partial charge in [0.25, 0.3) is 5.91 Å². The van der Waals surface area contributed by atoms with E-state index in [0.29, 0.717) is 24.3 Å². The Kier molecular flexibility index (Phi) is 4.37. The van der Waals surface area contributed by atoms with Gasteiger partial charge >= 0.3 is 0 Å². The molecule has 1 aliphatic heterocycles. The van der Waals surface area contributed by atoms with Crippen LogP contribution in [-0.4, -0.2) is 44.1 Å². The van der Waals surface area contributed by atoms with Gasteiger partial charge in [-0.15, -0.1) is 0 Å². The number of methoxy groups -OCH3 is 1. The SMILES string of the molecule is COc1ccc(N2CCN(C(=O)c3cccc(N)c3)CC2)cc1. The average molecular weight is 311 g/mol. The normalized spacial score (nSPS) is 14.7. The maximum atomic E-state index is 12.5. The summed E-state index contributed by atoms with van der Waals surface area (Å²) < 4.78 is 5.18. The zero-order valence-corrected chi connectivity index (χ0v) is 13.2. The molecule has 2 aromatic rings. The van der Waals surface area contributed by atoms with E-state index in [1.807, 2.05) is 41.3 Å². The number of rotatable bonds is 3. The highest BCUT2D eigenvalue weighted by Gasteiger charge is 2.22. The molecule has 3 rings (SSSR count). The summed E-state index contributed by atoms with van der Waals surface area (Å²) in [5.74, 6) is 0.899. The lowest BCUT2D eigenvalue weighted by atomic mass is 10.1. The molecule has 1 fully saturated rings. The Bertz CT molecular complexity index is 677. The Morgan fingerprint density at radius 2 is 1.74 bits per heavy atom. The van der Waals surface area contributed by atoms with E-state index in [1.165, 1.54) is 0 Å². The Labute approximate surface area is 136 Å². The van der Waals surface area contributed by atoms with Crippen molar-refractivity contribution in [3.05, 3.63) is 54.1 Å². The second-order valence-corrected chi connectivity index (χ2v) is 5.60. The summed E-state index contributed by atoms with van der Waals surface area (Å²) in [5.41, 5.74) is 8.19. The minimum absolute atomic E-state index is 0.0479. The molecule has 0 saturated carbocycles. The first-order valence-electron chi connectivity index (χ1n) is 7.71. The number of ether oxygens (including phenoxy) is 1. The molecule has 1 aliphatic rings. The van der Waals surface area contributed by atoms with Gasteiger partial charge in [-0.2, -0.15) is 0 Å². The average Bonchev–Trinajstić information content (AvgIpc) is 2.61. The highest BCUT2D eigenvalue weighted by molar-refractivity contribution is 5.95. The maximum absolute atomic E-state index is 12.5. The molecule has 0 aromatic heterocycles. The Hall–Kier alpha value is -2.69. The fourth-order valence-electron chi connectivity index (χ4n) is 2.82. The topological polar surface area (TPSA) is 58.8 Å². The van der Waals surface area contributed by atoms with Crippen LogP contribution in [0.15, 0.2) is 48.5 Å². The molecule has 0 radical (unpaired) electrons. The predicted octanol–water partition coefficient (Wildman–Crippen LogP) is 2.24. The Morgan fingerprint density at radius 3 is 2.35 bits per heavy atom. The van der Waals surface area contributed by atoms with Gasteiger partial charge < -0.3 is 20.3 Å². The first-order valence-corrected chi connectivity index (χ1v) is 7.71. The van der Waals surface area contributed by atoms with Crippen LogP contribution >= 0.6 is 0 Å². The number of hydrogen-bond donors (Lipinski definition) is 1. The number of nitrogens with two attached hydrogens (primary N) is 1. The number of benzene rings is 2. The molecule has 2 aromatic carbocycles. The summed E-state index contributed by atoms with van der Waals surface area (Å²) in [5, 5.41) is 0. The minimum atomic E-state index is 0.0479. The highest BCUT2D eigenvalue weighted by atomic mass is 16.5. The first-order chi connectivity index (χ1) is 11.2. The predicted molar refractivity (Wildman–Crippen MR) is 92.0 cm³/mol. The van der Waals surface area contributed by atoms with E-state index in [9.17, 15) is 4.79 Å². The van der Waals surface area contributed by atoms with Gasteiger partial charge in [0.1, 0.15) is 5.75 Å². The first kappa shape index (κ1) is 15.2. The summed E-state index contributed by atoms with van der Waals surface area (Å²) in [6, 6.07) is 15.2. The van der Waals surface area contributed by atoms with E-state index in [1.54, 1.807) is 19.2 Å². The van der Waals surface area contributed by atoms with Crippen LogP contribution in [0.2, 0.25) is 0 Å². The second-order valence-electron chi connectivity index (χ2n) is 5.60. The third kappa shape index (κ3) is 3.39. The molecular formula is C18H21N3O2. The van der Waals surface area contributed by atoms with E-state index in [4.69, 9.17) is 10.5 Å². The number of carbonyl (C=O) groups is 1. The van der Waals surface area contributed by atoms with Crippen molar-refractivity contribution < 1.29 is 9.53 Å². The molecule has 5 heteroatoms. The Balaban J connectivity index is 1.62. The van der Waals surface area contributed by atoms with Crippen molar-refractivity contribution in [2.45, 2.75) is 0 Å². The summed E-state index contributed by atoms with van der Waals surface area (Å²) in [4.78, 5) is 16.7. The third-order valence-electron chi connectivity index (χ3n) is 4.14. The molecule has 1 amide bonds. The van der Waals surface area contributed by atoms with E-state index in [2.05, 4.69) is 4.90 Å². The van der Waals surface area contributed by atoms with Crippen LogP contribution in [0.4, 0.5) is 11.4 Å². The lowest BCUT2D eigenvalue weighted by Crippen LogP contribution is -2.48. The zero-order valence-electron chi connectivity index (χ0n) is 13.2. The number of hydrogen-bond acceptors (Lipinski definition) is 4. The maximum Gasteiger partial charge on any atom is 0.254 e. The van der Waals surface area contributed by atoms with Crippen LogP contribution in [0.3, 0.4) is 0 Å². The zero-order chi connectivity index (χ0) is 16.2. The van der Waals surface area contributed by atoms with E-state index >= 15 is 0 Å². The number of piperazine rings is 1. The summed E-state index contributed by atoms with van der Waals surface area (Å²) in [6.07, 6.45) is 0. The van der Waals surface area contributed by atoms with Crippen LogP contribution < -0.4 is 15.4 Å². The third-order valence-corrected chi connectivity index (χ3v) is 4.14. The number of carbonyl (C=O) groups excluding carboxylic acids is 1. The van der Waals surface area contributed by atoms with Gasteiger partial charge in [0.15, 0.2) is 0 Å². The van der Waals surface area contributed by atoms with Gasteiger partial charge in [-0.05, 0) is 42.5 Å². The van der Waals surface area contributed by atoms with Crippen LogP contribution in [0.1, 0.15) is 10.4 Å². The van der Waals surface area contributed by atoms with Crippen molar-refractivity contribution in [1.29, 1.82) is 0 Å². The molecule has 0 spiro atoms. The number of nitrogens with zero attached hydrogens (tertiary/aromatic N) is 2. The van der Waals surface area contributed by atoms with E-state index in [-0.39, 0.29) is 5.91 Å². The Morgan fingerprint density at radius 1 is 1.04 bits per heavy atom. The van der Waals surface area contributed by atoms with Gasteiger partial charge in [-0.3, -0.25) is 4.79 Å². The molecule has 0 aliphatic carbocycles. The molecule has 120 valence electrons. The quantitative estimate of drug-likeness (QED) is 0.883. The van der Waals surface area contributed by atoms with E-state index in [0.717, 1.165) is 24.5 Å². The summed E-state index contributed by atoms with van der Waals surface area (Å²) >= 11 is 0. The lowest BCUT2D eigenvalue weighted by Gasteiger charge is -2.36. The van der Waals surface area contributed by atoms with Crippen molar-refractivity contribution in [3.8, 4) is 5.75 Å². The monoisotopic (exact) mass is 311 g/mol. The molecule has 5 nitrogen and oxygen atoms in total. The highest BCUT2D eigenvalue weighted by Crippen LogP contribution is 2.21. The fraction of sp³-hybridized carbons (Fsp3) is 0.278. The fourth-order valence-corrected chi connectivity index (χ4v) is 2.82. The smallest absolute Gasteiger partial charge is 0.254 e. The van der Waals surface area contributed by atoms with Crippen molar-refractivity contribution >= 4 is 17.3 Å². The number of nitrogen functional groups attached to an aromatic ring is 1. The molecule has 1 saturated heterocycles. The van der Waals surface area contributed by atoms with Crippen LogP contribution in [0, 0.1) is 0 Å². The molecule has 23 heavy (non-hydrogen) atoms. The number of amides is 1. The van der Waals surface area contributed by atoms with E-state index < -0.39 is 0 Å². The molecule has 0 atom stereocenters. The minimum Gasteiger partial charge on any atom is -0.497 e. The lowest BCUT2D eigenvalue weighted by molar-refractivity contribution is 0.0747. The molecule has 2 N–H and O–H groups in total. The summed E-state index contributed by atoms with van der Waals surface area (Å²) in [7, 11) is 1.66.